The van der Waals surface area contributed by atoms with Crippen molar-refractivity contribution in [1.29, 1.82) is 0 Å². The van der Waals surface area contributed by atoms with E-state index in [9.17, 15) is 9.67 Å². The van der Waals surface area contributed by atoms with E-state index >= 15 is 0 Å². The molecule has 1 aromatic rings. The van der Waals surface area contributed by atoms with Gasteiger partial charge in [0.25, 0.3) is 0 Å². The van der Waals surface area contributed by atoms with Crippen LogP contribution in [0.25, 0.3) is 0 Å². The average molecular weight is 707 g/mol. The molecule has 0 saturated heterocycles. The van der Waals surface area contributed by atoms with Crippen LogP contribution in [0, 0.1) is 6.92 Å². The Hall–Kier alpha value is -0.670. The molecule has 0 bridgehead atoms. The maximum Gasteiger partial charge on any atom is 0.363 e. The van der Waals surface area contributed by atoms with E-state index in [4.69, 9.17) is 9.05 Å². The predicted octanol–water partition coefficient (Wildman–Crippen LogP) is 15.7. The van der Waals surface area contributed by atoms with Gasteiger partial charge in [0, 0.05) is 0 Å². The third kappa shape index (κ3) is 27.6. The van der Waals surface area contributed by atoms with Gasteiger partial charge < -0.3 is 14.2 Å². The first-order chi connectivity index (χ1) is 24.0. The number of rotatable bonds is 38. The molecule has 1 atom stereocenters. The molecule has 49 heavy (non-hydrogen) atoms. The van der Waals surface area contributed by atoms with Crippen LogP contribution in [0.5, 0.6) is 0 Å². The Morgan fingerprint density at radius 2 is 0.776 bits per heavy atom. The summed E-state index contributed by atoms with van der Waals surface area (Å²) < 4.78 is 25.7. The number of hydrogen-bond acceptors (Lipinski definition) is 4. The van der Waals surface area contributed by atoms with Gasteiger partial charge in [-0.3, -0.25) is 4.57 Å². The molecule has 0 saturated carbocycles. The Morgan fingerprint density at radius 1 is 0.490 bits per heavy atom. The predicted molar refractivity (Wildman–Crippen MR) is 215 cm³/mol. The highest BCUT2D eigenvalue weighted by molar-refractivity contribution is 7.54. The summed E-state index contributed by atoms with van der Waals surface area (Å²) in [4.78, 5) is 0. The fourth-order valence-corrected chi connectivity index (χ4v) is 8.53. The quantitative estimate of drug-likeness (QED) is 0.0549. The number of aryl methyl sites for hydroxylation is 1. The summed E-state index contributed by atoms with van der Waals surface area (Å²) in [5.41, 5.74) is 1.64. The van der Waals surface area contributed by atoms with Gasteiger partial charge in [0.15, 0.2) is 5.85 Å². The lowest BCUT2D eigenvalue weighted by Gasteiger charge is -2.24. The van der Waals surface area contributed by atoms with Crippen LogP contribution in [0.15, 0.2) is 24.3 Å². The highest BCUT2D eigenvalue weighted by Crippen LogP contribution is 2.60. The van der Waals surface area contributed by atoms with Gasteiger partial charge in [-0.25, -0.2) is 0 Å². The third-order valence-corrected chi connectivity index (χ3v) is 12.2. The van der Waals surface area contributed by atoms with Crippen LogP contribution in [0.1, 0.15) is 236 Å². The summed E-state index contributed by atoms with van der Waals surface area (Å²) in [5, 5.41) is 11.1. The second-order valence-corrected chi connectivity index (χ2v) is 17.2. The molecule has 0 aromatic heterocycles. The van der Waals surface area contributed by atoms with E-state index in [1.165, 1.54) is 180 Å². The topological polar surface area (TPSA) is 55.8 Å². The Bertz CT molecular complexity index is 832. The number of hydrogen-bond donors (Lipinski definition) is 1. The minimum Gasteiger partial charge on any atom is -0.376 e. The van der Waals surface area contributed by atoms with Crippen LogP contribution >= 0.6 is 7.60 Å². The first-order valence-corrected chi connectivity index (χ1v) is 23.3. The fourth-order valence-electron chi connectivity index (χ4n) is 6.88. The fraction of sp³-hybridized carbons (Fsp3) is 0.864. The number of aliphatic hydroxyl groups is 1. The van der Waals surface area contributed by atoms with Crippen LogP contribution in [0.2, 0.25) is 0 Å². The largest absolute Gasteiger partial charge is 0.376 e. The maximum absolute atomic E-state index is 13.9. The molecule has 1 N–H and O–H groups in total. The summed E-state index contributed by atoms with van der Waals surface area (Å²) in [6.45, 7) is 7.30. The van der Waals surface area contributed by atoms with Crippen molar-refractivity contribution in [2.75, 3.05) is 13.2 Å². The first kappa shape index (κ1) is 46.4. The molecule has 0 radical (unpaired) electrons. The maximum atomic E-state index is 13.9. The number of aliphatic hydroxyl groups excluding tert-OH is 1. The lowest BCUT2D eigenvalue weighted by molar-refractivity contribution is 0.138. The molecule has 1 rings (SSSR count). The Balaban J connectivity index is 2.16. The monoisotopic (exact) mass is 707 g/mol. The van der Waals surface area contributed by atoms with Gasteiger partial charge in [-0.2, -0.15) is 0 Å². The van der Waals surface area contributed by atoms with Gasteiger partial charge in [0.2, 0.25) is 0 Å². The molecule has 0 spiro atoms. The Labute approximate surface area is 306 Å². The van der Waals surface area contributed by atoms with Crippen LogP contribution < -0.4 is 0 Å². The second kappa shape index (κ2) is 34.4. The molecule has 1 unspecified atom stereocenters. The van der Waals surface area contributed by atoms with Crippen LogP contribution in [0.4, 0.5) is 0 Å². The smallest absolute Gasteiger partial charge is 0.363 e. The summed E-state index contributed by atoms with van der Waals surface area (Å²) in [6, 6.07) is 7.58. The van der Waals surface area contributed by atoms with Crippen molar-refractivity contribution in [2.24, 2.45) is 0 Å². The SMILES string of the molecule is CCCCCCCCCCCCCCCCCCOP(=O)(OCCCCCCCCCCCCCCCCCC)C(O)c1cccc(C)c1. The molecule has 1 aromatic carbocycles. The molecular formula is C44H83O4P. The molecule has 0 aliphatic rings. The van der Waals surface area contributed by atoms with Gasteiger partial charge >= 0.3 is 7.60 Å². The van der Waals surface area contributed by atoms with Crippen molar-refractivity contribution in [3.63, 3.8) is 0 Å². The van der Waals surface area contributed by atoms with Crippen LogP contribution in [-0.4, -0.2) is 18.3 Å². The van der Waals surface area contributed by atoms with Crippen molar-refractivity contribution < 1.29 is 18.7 Å². The van der Waals surface area contributed by atoms with Gasteiger partial charge in [-0.05, 0) is 25.3 Å². The van der Waals surface area contributed by atoms with E-state index in [0.717, 1.165) is 31.2 Å². The van der Waals surface area contributed by atoms with Crippen LogP contribution in [0.3, 0.4) is 0 Å². The standard InChI is InChI=1S/C44H83O4P/c1-4-6-8-10-12-14-16-18-20-22-24-26-28-30-32-34-39-47-49(46,44(45)43-38-36-37-42(3)41-43)48-40-35-33-31-29-27-25-23-21-19-17-15-13-11-9-7-5-2/h36-38,41,44-45H,4-35,39-40H2,1-3H3. The molecule has 0 fully saturated rings. The van der Waals surface area contributed by atoms with E-state index < -0.39 is 13.4 Å². The molecule has 0 amide bonds. The third-order valence-electron chi connectivity index (χ3n) is 10.2. The summed E-state index contributed by atoms with van der Waals surface area (Å²) in [5.74, 6) is -1.24. The normalized spacial score (nSPS) is 12.6. The molecule has 0 aliphatic carbocycles. The van der Waals surface area contributed by atoms with Gasteiger partial charge in [0.05, 0.1) is 13.2 Å². The van der Waals surface area contributed by atoms with Gasteiger partial charge in [-0.1, -0.05) is 236 Å². The zero-order chi connectivity index (χ0) is 35.5. The number of unbranched alkanes of at least 4 members (excludes halogenated alkanes) is 30. The van der Waals surface area contributed by atoms with Gasteiger partial charge in [-0.15, -0.1) is 0 Å². The highest BCUT2D eigenvalue weighted by atomic mass is 31.2. The zero-order valence-electron chi connectivity index (χ0n) is 33.0. The lowest BCUT2D eigenvalue weighted by atomic mass is 10.0. The highest BCUT2D eigenvalue weighted by Gasteiger charge is 2.36. The van der Waals surface area contributed by atoms with E-state index in [2.05, 4.69) is 13.8 Å². The molecule has 4 nitrogen and oxygen atoms in total. The molecular weight excluding hydrogens is 623 g/mol. The lowest BCUT2D eigenvalue weighted by Crippen LogP contribution is -2.08. The van der Waals surface area contributed by atoms with E-state index in [0.29, 0.717) is 18.8 Å². The van der Waals surface area contributed by atoms with E-state index in [1.54, 1.807) is 0 Å². The van der Waals surface area contributed by atoms with Crippen molar-refractivity contribution in [3.8, 4) is 0 Å². The summed E-state index contributed by atoms with van der Waals surface area (Å²) in [6.07, 6.45) is 42.1. The summed E-state index contributed by atoms with van der Waals surface area (Å²) >= 11 is 0. The molecule has 0 aliphatic heterocycles. The van der Waals surface area contributed by atoms with Crippen LogP contribution in [-0.2, 0) is 13.6 Å². The molecule has 288 valence electrons. The van der Waals surface area contributed by atoms with Crippen molar-refractivity contribution in [3.05, 3.63) is 35.4 Å². The second-order valence-electron chi connectivity index (χ2n) is 15.1. The van der Waals surface area contributed by atoms with Crippen molar-refractivity contribution in [1.82, 2.24) is 0 Å². The van der Waals surface area contributed by atoms with Gasteiger partial charge in [0.1, 0.15) is 0 Å². The van der Waals surface area contributed by atoms with Crippen molar-refractivity contribution >= 4 is 7.60 Å². The minimum atomic E-state index is -3.68. The minimum absolute atomic E-state index is 0.373. The van der Waals surface area contributed by atoms with E-state index in [-0.39, 0.29) is 0 Å². The summed E-state index contributed by atoms with van der Waals surface area (Å²) in [7, 11) is -3.68. The molecule has 5 heteroatoms. The molecule has 0 heterocycles. The van der Waals surface area contributed by atoms with Crippen molar-refractivity contribution in [2.45, 2.75) is 232 Å². The van der Waals surface area contributed by atoms with E-state index in [1.807, 2.05) is 31.2 Å². The number of benzene rings is 1. The first-order valence-electron chi connectivity index (χ1n) is 21.7. The Kier molecular flexibility index (Phi) is 32.6. The Morgan fingerprint density at radius 3 is 1.06 bits per heavy atom. The average Bonchev–Trinajstić information content (AvgIpc) is 3.10. The zero-order valence-corrected chi connectivity index (χ0v) is 33.9.